The minimum absolute atomic E-state index is 0.767. The summed E-state index contributed by atoms with van der Waals surface area (Å²) >= 11 is 0. The van der Waals surface area contributed by atoms with Crippen molar-refractivity contribution in [2.45, 2.75) is 0 Å². The molecule has 2 aromatic heterocycles. The fraction of sp³-hybridized carbons (Fsp3) is 0.0500. The van der Waals surface area contributed by atoms with Crippen molar-refractivity contribution in [2.75, 3.05) is 7.11 Å². The van der Waals surface area contributed by atoms with Crippen LogP contribution >= 0.6 is 0 Å². The van der Waals surface area contributed by atoms with Crippen molar-refractivity contribution in [1.82, 2.24) is 9.78 Å². The second-order valence-electron chi connectivity index (χ2n) is 5.40. The molecule has 0 saturated heterocycles. The summed E-state index contributed by atoms with van der Waals surface area (Å²) in [6, 6.07) is 22.0. The van der Waals surface area contributed by atoms with Gasteiger partial charge in [-0.05, 0) is 53.6 Å². The Hall–Kier alpha value is -3.27. The van der Waals surface area contributed by atoms with E-state index in [0.717, 1.165) is 34.0 Å². The lowest BCUT2D eigenvalue weighted by atomic mass is 10.1. The summed E-state index contributed by atoms with van der Waals surface area (Å²) in [6.07, 6.45) is 3.58. The summed E-state index contributed by atoms with van der Waals surface area (Å²) in [4.78, 5) is 0. The first-order valence-corrected chi connectivity index (χ1v) is 7.68. The summed E-state index contributed by atoms with van der Waals surface area (Å²) < 4.78 is 12.4. The molecule has 4 aromatic rings. The summed E-state index contributed by atoms with van der Waals surface area (Å²) in [5.41, 5.74) is 4.13. The van der Waals surface area contributed by atoms with Crippen LogP contribution in [0.15, 0.2) is 83.6 Å². The third-order valence-corrected chi connectivity index (χ3v) is 3.92. The van der Waals surface area contributed by atoms with Crippen LogP contribution < -0.4 is 4.74 Å². The molecule has 0 saturated carbocycles. The molecule has 0 aliphatic heterocycles. The SMILES string of the molecule is COc1ccc(-c2ccc(-n3ccc(-c4ccco4)n3)cc2)cc1. The molecule has 4 rings (SSSR count). The minimum Gasteiger partial charge on any atom is -0.497 e. The zero-order valence-corrected chi connectivity index (χ0v) is 13.2. The van der Waals surface area contributed by atoms with Gasteiger partial charge in [0.15, 0.2) is 5.76 Å². The van der Waals surface area contributed by atoms with E-state index in [-0.39, 0.29) is 0 Å². The topological polar surface area (TPSA) is 40.2 Å². The monoisotopic (exact) mass is 316 g/mol. The highest BCUT2D eigenvalue weighted by atomic mass is 16.5. The van der Waals surface area contributed by atoms with Crippen molar-refractivity contribution in [3.63, 3.8) is 0 Å². The molecule has 0 atom stereocenters. The van der Waals surface area contributed by atoms with E-state index in [2.05, 4.69) is 41.5 Å². The largest absolute Gasteiger partial charge is 0.497 e. The highest BCUT2D eigenvalue weighted by Crippen LogP contribution is 2.24. The Labute approximate surface area is 139 Å². The Morgan fingerprint density at radius 1 is 0.875 bits per heavy atom. The number of furan rings is 1. The second-order valence-corrected chi connectivity index (χ2v) is 5.40. The first-order valence-electron chi connectivity index (χ1n) is 7.68. The van der Waals surface area contributed by atoms with Gasteiger partial charge in [-0.1, -0.05) is 24.3 Å². The van der Waals surface area contributed by atoms with Gasteiger partial charge in [-0.15, -0.1) is 0 Å². The third kappa shape index (κ3) is 2.70. The molecular weight excluding hydrogens is 300 g/mol. The van der Waals surface area contributed by atoms with Crippen molar-refractivity contribution >= 4 is 0 Å². The molecule has 24 heavy (non-hydrogen) atoms. The van der Waals surface area contributed by atoms with Gasteiger partial charge in [-0.2, -0.15) is 5.10 Å². The zero-order chi connectivity index (χ0) is 16.4. The molecule has 0 aliphatic carbocycles. The number of methoxy groups -OCH3 is 1. The van der Waals surface area contributed by atoms with Gasteiger partial charge in [0.05, 0.1) is 19.1 Å². The Balaban J connectivity index is 1.59. The van der Waals surface area contributed by atoms with Crippen LogP contribution in [0.1, 0.15) is 0 Å². The van der Waals surface area contributed by atoms with Crippen molar-refractivity contribution in [2.24, 2.45) is 0 Å². The van der Waals surface area contributed by atoms with Gasteiger partial charge in [-0.25, -0.2) is 4.68 Å². The van der Waals surface area contributed by atoms with E-state index in [0.29, 0.717) is 0 Å². The fourth-order valence-corrected chi connectivity index (χ4v) is 2.61. The van der Waals surface area contributed by atoms with Crippen LogP contribution in [0.25, 0.3) is 28.3 Å². The smallest absolute Gasteiger partial charge is 0.154 e. The molecule has 2 aromatic carbocycles. The van der Waals surface area contributed by atoms with Gasteiger partial charge in [0.2, 0.25) is 0 Å². The van der Waals surface area contributed by atoms with Crippen LogP contribution in [-0.4, -0.2) is 16.9 Å². The predicted octanol–water partition coefficient (Wildman–Crippen LogP) is 4.81. The summed E-state index contributed by atoms with van der Waals surface area (Å²) in [5, 5.41) is 4.55. The van der Waals surface area contributed by atoms with E-state index in [1.54, 1.807) is 13.4 Å². The molecule has 0 bridgehead atoms. The lowest BCUT2D eigenvalue weighted by molar-refractivity contribution is 0.415. The first kappa shape index (κ1) is 14.3. The Morgan fingerprint density at radius 3 is 2.21 bits per heavy atom. The quantitative estimate of drug-likeness (QED) is 0.542. The lowest BCUT2D eigenvalue weighted by Crippen LogP contribution is -1.94. The molecule has 0 fully saturated rings. The van der Waals surface area contributed by atoms with Gasteiger partial charge in [0.25, 0.3) is 0 Å². The van der Waals surface area contributed by atoms with Crippen LogP contribution in [-0.2, 0) is 0 Å². The number of nitrogens with zero attached hydrogens (tertiary/aromatic N) is 2. The summed E-state index contributed by atoms with van der Waals surface area (Å²) in [5.74, 6) is 1.63. The predicted molar refractivity (Wildman–Crippen MR) is 93.3 cm³/mol. The summed E-state index contributed by atoms with van der Waals surface area (Å²) in [6.45, 7) is 0. The number of rotatable bonds is 4. The molecule has 4 nitrogen and oxygen atoms in total. The van der Waals surface area contributed by atoms with E-state index in [1.165, 1.54) is 0 Å². The maximum Gasteiger partial charge on any atom is 0.154 e. The summed E-state index contributed by atoms with van der Waals surface area (Å²) in [7, 11) is 1.67. The van der Waals surface area contributed by atoms with E-state index >= 15 is 0 Å². The second kappa shape index (κ2) is 6.08. The maximum atomic E-state index is 5.38. The Bertz CT molecular complexity index is 921. The van der Waals surface area contributed by atoms with E-state index < -0.39 is 0 Å². The number of aromatic nitrogens is 2. The van der Waals surface area contributed by atoms with Gasteiger partial charge >= 0.3 is 0 Å². The van der Waals surface area contributed by atoms with E-state index in [1.807, 2.05) is 41.2 Å². The van der Waals surface area contributed by atoms with Crippen LogP contribution in [0, 0.1) is 0 Å². The Morgan fingerprint density at radius 2 is 1.58 bits per heavy atom. The first-order chi connectivity index (χ1) is 11.8. The maximum absolute atomic E-state index is 5.38. The molecular formula is C20H16N2O2. The highest BCUT2D eigenvalue weighted by Gasteiger charge is 2.06. The van der Waals surface area contributed by atoms with Gasteiger partial charge < -0.3 is 9.15 Å². The Kier molecular flexibility index (Phi) is 3.63. The van der Waals surface area contributed by atoms with Gasteiger partial charge in [-0.3, -0.25) is 0 Å². The number of hydrogen-bond acceptors (Lipinski definition) is 3. The molecule has 118 valence electrons. The highest BCUT2D eigenvalue weighted by molar-refractivity contribution is 5.65. The van der Waals surface area contributed by atoms with Crippen LogP contribution in [0.4, 0.5) is 0 Å². The average molecular weight is 316 g/mol. The zero-order valence-electron chi connectivity index (χ0n) is 13.2. The van der Waals surface area contributed by atoms with Gasteiger partial charge in [0, 0.05) is 6.20 Å². The van der Waals surface area contributed by atoms with Crippen LogP contribution in [0.2, 0.25) is 0 Å². The molecule has 0 N–H and O–H groups in total. The molecule has 2 heterocycles. The number of ether oxygens (including phenoxy) is 1. The van der Waals surface area contributed by atoms with Crippen LogP contribution in [0.3, 0.4) is 0 Å². The fourth-order valence-electron chi connectivity index (χ4n) is 2.61. The van der Waals surface area contributed by atoms with Crippen molar-refractivity contribution in [3.8, 4) is 34.0 Å². The third-order valence-electron chi connectivity index (χ3n) is 3.92. The standard InChI is InChI=1S/C20H16N2O2/c1-23-18-10-6-16(7-11-18)15-4-8-17(9-5-15)22-13-12-19(21-22)20-3-2-14-24-20/h2-14H,1H3. The number of hydrogen-bond donors (Lipinski definition) is 0. The van der Waals surface area contributed by atoms with E-state index in [9.17, 15) is 0 Å². The van der Waals surface area contributed by atoms with Crippen LogP contribution in [0.5, 0.6) is 5.75 Å². The van der Waals surface area contributed by atoms with Crippen molar-refractivity contribution in [3.05, 3.63) is 79.2 Å². The molecule has 0 unspecified atom stereocenters. The lowest BCUT2D eigenvalue weighted by Gasteiger charge is -2.06. The van der Waals surface area contributed by atoms with Gasteiger partial charge in [0.1, 0.15) is 11.4 Å². The number of benzene rings is 2. The van der Waals surface area contributed by atoms with Crippen molar-refractivity contribution in [1.29, 1.82) is 0 Å². The molecule has 4 heteroatoms. The van der Waals surface area contributed by atoms with E-state index in [4.69, 9.17) is 9.15 Å². The minimum atomic E-state index is 0.767. The molecule has 0 amide bonds. The van der Waals surface area contributed by atoms with Crippen molar-refractivity contribution < 1.29 is 9.15 Å². The molecule has 0 aliphatic rings. The normalized spacial score (nSPS) is 10.7. The molecule has 0 spiro atoms. The average Bonchev–Trinajstić information content (AvgIpc) is 3.33. The molecule has 0 radical (unpaired) electrons.